The number of hydrogen-bond donors (Lipinski definition) is 0. The van der Waals surface area contributed by atoms with E-state index in [1.165, 1.54) is 44.9 Å². The van der Waals surface area contributed by atoms with Gasteiger partial charge in [0.15, 0.2) is 0 Å². The van der Waals surface area contributed by atoms with Crippen LogP contribution in [0.5, 0.6) is 0 Å². The Morgan fingerprint density at radius 2 is 1.91 bits per heavy atom. The van der Waals surface area contributed by atoms with E-state index in [0.717, 1.165) is 48.9 Å². The van der Waals surface area contributed by atoms with Crippen LogP contribution in [0.25, 0.3) is 0 Å². The average molecular weight is 457 g/mol. The maximum Gasteiger partial charge on any atom is 0.302 e. The number of hydrogen-bond acceptors (Lipinski definition) is 2. The van der Waals surface area contributed by atoms with E-state index in [1.54, 1.807) is 12.5 Å². The van der Waals surface area contributed by atoms with Gasteiger partial charge >= 0.3 is 5.97 Å². The zero-order valence-electron chi connectivity index (χ0n) is 22.7. The van der Waals surface area contributed by atoms with Crippen LogP contribution in [0.1, 0.15) is 113 Å². The molecule has 2 saturated carbocycles. The Kier molecular flexibility index (Phi) is 9.32. The van der Waals surface area contributed by atoms with Crippen molar-refractivity contribution in [1.29, 1.82) is 0 Å². The van der Waals surface area contributed by atoms with Crippen LogP contribution in [0.15, 0.2) is 23.8 Å². The van der Waals surface area contributed by atoms with E-state index in [4.69, 9.17) is 4.74 Å². The van der Waals surface area contributed by atoms with E-state index >= 15 is 0 Å². The summed E-state index contributed by atoms with van der Waals surface area (Å²) in [6.07, 6.45) is 20.2. The van der Waals surface area contributed by atoms with Crippen LogP contribution in [-0.2, 0) is 9.53 Å². The second-order valence-electron chi connectivity index (χ2n) is 12.5. The van der Waals surface area contributed by atoms with E-state index in [1.807, 2.05) is 0 Å². The number of esters is 1. The smallest absolute Gasteiger partial charge is 0.302 e. The third kappa shape index (κ3) is 6.34. The molecule has 0 radical (unpaired) electrons. The van der Waals surface area contributed by atoms with Crippen molar-refractivity contribution in [2.24, 2.45) is 46.8 Å². The lowest BCUT2D eigenvalue weighted by Crippen LogP contribution is -2.43. The summed E-state index contributed by atoms with van der Waals surface area (Å²) in [7, 11) is 0. The number of fused-ring (bicyclic) bond motifs is 3. The SMILES string of the molecule is CC[C@H](CC[C@@H](C)[C@H]1C/C=C\[C@@H]2CCC3C[C@H](OC(C)=O)CC[C@]3(C)/C2=C/C[C@@H]1C)C(C)C. The second-order valence-corrected chi connectivity index (χ2v) is 12.5. The molecule has 8 atom stereocenters. The number of carbonyl (C=O) groups is 1. The zero-order chi connectivity index (χ0) is 24.2. The van der Waals surface area contributed by atoms with Crippen LogP contribution in [-0.4, -0.2) is 12.1 Å². The number of carbonyl (C=O) groups excluding carboxylic acids is 1. The van der Waals surface area contributed by atoms with Gasteiger partial charge in [-0.25, -0.2) is 0 Å². The molecule has 0 aliphatic heterocycles. The zero-order valence-corrected chi connectivity index (χ0v) is 22.7. The van der Waals surface area contributed by atoms with Gasteiger partial charge in [-0.1, -0.05) is 78.2 Å². The Morgan fingerprint density at radius 3 is 2.58 bits per heavy atom. The fourth-order valence-corrected chi connectivity index (χ4v) is 7.68. The highest BCUT2D eigenvalue weighted by Gasteiger charge is 2.47. The van der Waals surface area contributed by atoms with Crippen molar-refractivity contribution in [1.82, 2.24) is 0 Å². The molecule has 188 valence electrons. The lowest BCUT2D eigenvalue weighted by molar-refractivity contribution is -0.150. The van der Waals surface area contributed by atoms with Crippen molar-refractivity contribution in [3.05, 3.63) is 23.8 Å². The molecule has 0 heterocycles. The van der Waals surface area contributed by atoms with Gasteiger partial charge in [0.1, 0.15) is 6.10 Å². The highest BCUT2D eigenvalue weighted by molar-refractivity contribution is 5.66. The first-order valence-corrected chi connectivity index (χ1v) is 14.2. The first kappa shape index (κ1) is 26.6. The van der Waals surface area contributed by atoms with Crippen molar-refractivity contribution < 1.29 is 9.53 Å². The second kappa shape index (κ2) is 11.6. The van der Waals surface area contributed by atoms with Crippen molar-refractivity contribution in [3.63, 3.8) is 0 Å². The topological polar surface area (TPSA) is 26.3 Å². The highest BCUT2D eigenvalue weighted by atomic mass is 16.5. The first-order valence-electron chi connectivity index (χ1n) is 14.2. The Balaban J connectivity index is 1.71. The highest BCUT2D eigenvalue weighted by Crippen LogP contribution is 2.56. The molecular weight excluding hydrogens is 404 g/mol. The molecular formula is C31H52O2. The monoisotopic (exact) mass is 456 g/mol. The number of ether oxygens (including phenoxy) is 1. The molecule has 0 N–H and O–H groups in total. The van der Waals surface area contributed by atoms with Gasteiger partial charge in [0.05, 0.1) is 0 Å². The maximum atomic E-state index is 11.5. The number of allylic oxidation sites excluding steroid dienone is 4. The molecule has 0 aromatic heterocycles. The summed E-state index contributed by atoms with van der Waals surface area (Å²) in [5.74, 6) is 5.13. The molecule has 3 aliphatic rings. The molecule has 33 heavy (non-hydrogen) atoms. The Morgan fingerprint density at radius 1 is 1.15 bits per heavy atom. The Labute approximate surface area is 205 Å². The summed E-state index contributed by atoms with van der Waals surface area (Å²) in [6.45, 7) is 16.3. The summed E-state index contributed by atoms with van der Waals surface area (Å²) in [6, 6.07) is 0. The molecule has 2 heteroatoms. The quantitative estimate of drug-likeness (QED) is 0.283. The van der Waals surface area contributed by atoms with E-state index in [0.29, 0.717) is 11.8 Å². The van der Waals surface area contributed by atoms with E-state index < -0.39 is 0 Å². The van der Waals surface area contributed by atoms with Crippen molar-refractivity contribution in [2.45, 2.75) is 119 Å². The normalized spacial score (nSPS) is 39.0. The van der Waals surface area contributed by atoms with Crippen LogP contribution in [0, 0.1) is 46.8 Å². The van der Waals surface area contributed by atoms with Crippen LogP contribution < -0.4 is 0 Å². The van der Waals surface area contributed by atoms with Gasteiger partial charge in [-0.05, 0) is 98.2 Å². The summed E-state index contributed by atoms with van der Waals surface area (Å²) in [5, 5.41) is 0. The molecule has 1 unspecified atom stereocenters. The minimum Gasteiger partial charge on any atom is -0.463 e. The maximum absolute atomic E-state index is 11.5. The van der Waals surface area contributed by atoms with Gasteiger partial charge in [-0.2, -0.15) is 0 Å². The largest absolute Gasteiger partial charge is 0.463 e. The molecule has 0 bridgehead atoms. The fourth-order valence-electron chi connectivity index (χ4n) is 7.68. The summed E-state index contributed by atoms with van der Waals surface area (Å²) >= 11 is 0. The van der Waals surface area contributed by atoms with Gasteiger partial charge in [0.25, 0.3) is 0 Å². The third-order valence-electron chi connectivity index (χ3n) is 10.1. The Bertz CT molecular complexity index is 704. The summed E-state index contributed by atoms with van der Waals surface area (Å²) in [5.41, 5.74) is 1.99. The molecule has 0 aromatic rings. The molecule has 3 aliphatic carbocycles. The molecule has 0 saturated heterocycles. The van der Waals surface area contributed by atoms with Crippen molar-refractivity contribution in [2.75, 3.05) is 0 Å². The Hall–Kier alpha value is -1.05. The van der Waals surface area contributed by atoms with Gasteiger partial charge in [-0.3, -0.25) is 4.79 Å². The third-order valence-corrected chi connectivity index (χ3v) is 10.1. The molecule has 3 rings (SSSR count). The number of rotatable bonds is 7. The van der Waals surface area contributed by atoms with Gasteiger partial charge in [0.2, 0.25) is 0 Å². The van der Waals surface area contributed by atoms with E-state index in [2.05, 4.69) is 59.8 Å². The van der Waals surface area contributed by atoms with Gasteiger partial charge in [0, 0.05) is 6.92 Å². The van der Waals surface area contributed by atoms with Crippen molar-refractivity contribution >= 4 is 5.97 Å². The van der Waals surface area contributed by atoms with Gasteiger partial charge in [-0.15, -0.1) is 0 Å². The van der Waals surface area contributed by atoms with Crippen LogP contribution in [0.3, 0.4) is 0 Å². The van der Waals surface area contributed by atoms with Gasteiger partial charge < -0.3 is 4.74 Å². The predicted octanol–water partition coefficient (Wildman–Crippen LogP) is 8.76. The summed E-state index contributed by atoms with van der Waals surface area (Å²) in [4.78, 5) is 11.5. The minimum atomic E-state index is -0.116. The van der Waals surface area contributed by atoms with E-state index in [9.17, 15) is 4.79 Å². The predicted molar refractivity (Wildman–Crippen MR) is 140 cm³/mol. The fraction of sp³-hybridized carbons (Fsp3) is 0.839. The lowest BCUT2D eigenvalue weighted by atomic mass is 9.54. The molecule has 2 nitrogen and oxygen atoms in total. The lowest BCUT2D eigenvalue weighted by Gasteiger charge is -2.51. The molecule has 2 fully saturated rings. The molecule has 0 spiro atoms. The van der Waals surface area contributed by atoms with Crippen LogP contribution in [0.2, 0.25) is 0 Å². The molecule has 0 amide bonds. The minimum absolute atomic E-state index is 0.116. The average Bonchev–Trinajstić information content (AvgIpc) is 2.83. The van der Waals surface area contributed by atoms with Crippen molar-refractivity contribution in [3.8, 4) is 0 Å². The standard InChI is InChI=1S/C31H52O2/c1-8-25(21(2)3)14-12-22(4)29-11-9-10-26-15-16-27-20-28(33-24(6)32)18-19-31(27,7)30(26)17-13-23(29)5/h9-10,17,21-23,25-29H,8,11-16,18-20H2,1-7H3/b10-9-,30-17+/t22-,23+,25-,26-,27?,28-,29-,31+/m1/s1. The van der Waals surface area contributed by atoms with Crippen LogP contribution in [0.4, 0.5) is 0 Å². The summed E-state index contributed by atoms with van der Waals surface area (Å²) < 4.78 is 5.63. The first-order chi connectivity index (χ1) is 15.7. The molecule has 0 aromatic carbocycles. The van der Waals surface area contributed by atoms with E-state index in [-0.39, 0.29) is 17.5 Å². The van der Waals surface area contributed by atoms with Crippen LogP contribution >= 0.6 is 0 Å².